The summed E-state index contributed by atoms with van der Waals surface area (Å²) >= 11 is 0. The van der Waals surface area contributed by atoms with Gasteiger partial charge in [-0.25, -0.2) is 4.98 Å². The zero-order valence-corrected chi connectivity index (χ0v) is 14.9. The maximum Gasteiger partial charge on any atom is 0.272 e. The van der Waals surface area contributed by atoms with Crippen LogP contribution in [0.2, 0.25) is 0 Å². The third kappa shape index (κ3) is 2.90. The minimum Gasteiger partial charge on any atom is -0.496 e. The average molecular weight is 344 g/mol. The number of benzene rings is 2. The number of aromatic nitrogens is 2. The minimum absolute atomic E-state index is 0.0547. The first-order valence-electron chi connectivity index (χ1n) is 8.71. The van der Waals surface area contributed by atoms with Crippen LogP contribution in [0, 0.1) is 6.92 Å². The number of para-hydroxylation sites is 2. The molecule has 4 aromatic rings. The van der Waals surface area contributed by atoms with Gasteiger partial charge in [-0.2, -0.15) is 0 Å². The van der Waals surface area contributed by atoms with Crippen molar-refractivity contribution in [3.05, 3.63) is 89.7 Å². The maximum absolute atomic E-state index is 5.65. The van der Waals surface area contributed by atoms with Gasteiger partial charge in [0.25, 0.3) is 5.82 Å². The summed E-state index contributed by atoms with van der Waals surface area (Å²) in [6.07, 6.45) is 1.92. The number of aromatic amines is 2. The molecule has 0 spiro atoms. The topological polar surface area (TPSA) is 51.2 Å². The minimum atomic E-state index is -0.0547. The molecule has 130 valence electrons. The van der Waals surface area contributed by atoms with Crippen LogP contribution in [0.25, 0.3) is 10.9 Å². The van der Waals surface area contributed by atoms with Gasteiger partial charge in [0.1, 0.15) is 5.75 Å². The highest BCUT2D eigenvalue weighted by Crippen LogP contribution is 2.37. The number of aryl methyl sites for hydroxylation is 1. The fourth-order valence-electron chi connectivity index (χ4n) is 3.52. The summed E-state index contributed by atoms with van der Waals surface area (Å²) in [6.45, 7) is 2.12. The summed E-state index contributed by atoms with van der Waals surface area (Å²) in [5.41, 5.74) is 4.60. The first kappa shape index (κ1) is 16.2. The second-order valence-electron chi connectivity index (χ2n) is 6.30. The van der Waals surface area contributed by atoms with Gasteiger partial charge >= 0.3 is 0 Å². The molecule has 0 aliphatic carbocycles. The predicted molar refractivity (Wildman–Crippen MR) is 104 cm³/mol. The summed E-state index contributed by atoms with van der Waals surface area (Å²) in [4.78, 5) is 6.78. The van der Waals surface area contributed by atoms with Gasteiger partial charge in [0.05, 0.1) is 13.3 Å². The second-order valence-corrected chi connectivity index (χ2v) is 6.30. The monoisotopic (exact) mass is 344 g/mol. The third-order valence-corrected chi connectivity index (χ3v) is 4.69. The molecular formula is C22H22N3O+. The average Bonchev–Trinajstić information content (AvgIpc) is 3.02. The molecule has 2 aromatic heterocycles. The number of rotatable bonds is 5. The molecule has 0 aliphatic rings. The molecule has 0 amide bonds. The Bertz CT molecular complexity index is 1020. The Morgan fingerprint density at radius 3 is 2.54 bits per heavy atom. The maximum atomic E-state index is 5.65. The van der Waals surface area contributed by atoms with Crippen molar-refractivity contribution < 1.29 is 9.72 Å². The molecule has 0 fully saturated rings. The van der Waals surface area contributed by atoms with Crippen LogP contribution in [0.5, 0.6) is 5.75 Å². The van der Waals surface area contributed by atoms with Crippen molar-refractivity contribution in [1.82, 2.24) is 4.98 Å². The van der Waals surface area contributed by atoms with Gasteiger partial charge < -0.3 is 9.72 Å². The molecule has 26 heavy (non-hydrogen) atoms. The van der Waals surface area contributed by atoms with Crippen molar-refractivity contribution in [3.8, 4) is 5.75 Å². The Kier molecular flexibility index (Phi) is 4.32. The van der Waals surface area contributed by atoms with Gasteiger partial charge in [0, 0.05) is 33.8 Å². The Balaban J connectivity index is 1.91. The van der Waals surface area contributed by atoms with E-state index in [4.69, 9.17) is 4.74 Å². The van der Waals surface area contributed by atoms with Crippen molar-refractivity contribution in [3.63, 3.8) is 0 Å². The number of ether oxygens (including phenoxy) is 1. The molecule has 2 heterocycles. The second kappa shape index (κ2) is 6.92. The van der Waals surface area contributed by atoms with E-state index in [2.05, 4.69) is 52.5 Å². The van der Waals surface area contributed by atoms with Gasteiger partial charge in [-0.1, -0.05) is 42.5 Å². The van der Waals surface area contributed by atoms with E-state index in [0.29, 0.717) is 0 Å². The molecule has 2 aromatic carbocycles. The van der Waals surface area contributed by atoms with E-state index >= 15 is 0 Å². The zero-order chi connectivity index (χ0) is 17.9. The van der Waals surface area contributed by atoms with E-state index in [0.717, 1.165) is 28.3 Å². The summed E-state index contributed by atoms with van der Waals surface area (Å²) < 4.78 is 5.65. The molecule has 4 nitrogen and oxygen atoms in total. The van der Waals surface area contributed by atoms with Crippen LogP contribution in [0.15, 0.2) is 72.9 Å². The smallest absolute Gasteiger partial charge is 0.272 e. The molecule has 0 aliphatic heterocycles. The highest BCUT2D eigenvalue weighted by atomic mass is 16.5. The number of anilines is 1. The number of hydrogen-bond acceptors (Lipinski definition) is 2. The number of hydrogen-bond donors (Lipinski definition) is 2. The van der Waals surface area contributed by atoms with Crippen LogP contribution >= 0.6 is 0 Å². The first-order chi connectivity index (χ1) is 12.8. The third-order valence-electron chi connectivity index (χ3n) is 4.69. The van der Waals surface area contributed by atoms with Crippen molar-refractivity contribution in [2.75, 3.05) is 12.4 Å². The predicted octanol–water partition coefficient (Wildman–Crippen LogP) is 4.50. The summed E-state index contributed by atoms with van der Waals surface area (Å²) in [5, 5.41) is 4.86. The van der Waals surface area contributed by atoms with Crippen molar-refractivity contribution in [2.24, 2.45) is 0 Å². The number of nitrogens with one attached hydrogen (secondary N) is 3. The van der Waals surface area contributed by atoms with Gasteiger partial charge in [-0.05, 0) is 25.1 Å². The quantitative estimate of drug-likeness (QED) is 0.560. The summed E-state index contributed by atoms with van der Waals surface area (Å²) in [5.74, 6) is 1.82. The fraction of sp³-hybridized carbons (Fsp3) is 0.136. The lowest BCUT2D eigenvalue weighted by atomic mass is 9.95. The Hall–Kier alpha value is -3.27. The molecule has 0 unspecified atom stereocenters. The zero-order valence-electron chi connectivity index (χ0n) is 14.9. The van der Waals surface area contributed by atoms with Crippen molar-refractivity contribution in [2.45, 2.75) is 13.0 Å². The van der Waals surface area contributed by atoms with Crippen LogP contribution < -0.4 is 15.0 Å². The highest BCUT2D eigenvalue weighted by molar-refractivity contribution is 5.86. The van der Waals surface area contributed by atoms with Crippen molar-refractivity contribution >= 4 is 16.7 Å². The van der Waals surface area contributed by atoms with E-state index in [1.807, 2.05) is 42.6 Å². The lowest BCUT2D eigenvalue weighted by molar-refractivity contribution is -0.361. The van der Waals surface area contributed by atoms with Gasteiger partial charge in [-0.3, -0.25) is 5.32 Å². The van der Waals surface area contributed by atoms with Crippen LogP contribution in [-0.2, 0) is 0 Å². The Labute approximate surface area is 152 Å². The van der Waals surface area contributed by atoms with Crippen LogP contribution in [-0.4, -0.2) is 12.1 Å². The van der Waals surface area contributed by atoms with E-state index in [1.54, 1.807) is 7.11 Å². The molecule has 0 saturated carbocycles. The molecule has 1 atom stereocenters. The SMILES string of the molecule is COc1ccccc1[C@H](Nc1cccc[nH+]1)c1c(C)[nH]c2ccccc12. The van der Waals surface area contributed by atoms with Crippen LogP contribution in [0.3, 0.4) is 0 Å². The molecule has 0 bridgehead atoms. The molecule has 3 N–H and O–H groups in total. The standard InChI is InChI=1S/C22H21N3O/c1-15-21(16-9-3-5-11-18(16)24-15)22(25-20-13-7-8-14-23-20)17-10-4-6-12-19(17)26-2/h3-14,22,24H,1-2H3,(H,23,25)/p+1/t22-/m0/s1. The normalized spacial score (nSPS) is 12.1. The molecule has 4 rings (SSSR count). The summed E-state index contributed by atoms with van der Waals surface area (Å²) in [7, 11) is 1.71. The summed E-state index contributed by atoms with van der Waals surface area (Å²) in [6, 6.07) is 22.5. The van der Waals surface area contributed by atoms with Crippen molar-refractivity contribution in [1.29, 1.82) is 0 Å². The lowest BCUT2D eigenvalue weighted by Crippen LogP contribution is -2.19. The number of H-pyrrole nitrogens is 2. The molecule has 0 radical (unpaired) electrons. The fourth-order valence-corrected chi connectivity index (χ4v) is 3.52. The number of pyridine rings is 1. The van der Waals surface area contributed by atoms with Gasteiger partial charge in [0.2, 0.25) is 0 Å². The van der Waals surface area contributed by atoms with E-state index in [1.165, 1.54) is 10.9 Å². The number of fused-ring (bicyclic) bond motifs is 1. The molecule has 0 saturated heterocycles. The van der Waals surface area contributed by atoms with Gasteiger partial charge in [0.15, 0.2) is 6.04 Å². The van der Waals surface area contributed by atoms with E-state index in [-0.39, 0.29) is 6.04 Å². The molecular weight excluding hydrogens is 322 g/mol. The Morgan fingerprint density at radius 1 is 0.962 bits per heavy atom. The first-order valence-corrected chi connectivity index (χ1v) is 8.71. The Morgan fingerprint density at radius 2 is 1.73 bits per heavy atom. The van der Waals surface area contributed by atoms with Crippen LogP contribution in [0.4, 0.5) is 5.82 Å². The van der Waals surface area contributed by atoms with Crippen LogP contribution in [0.1, 0.15) is 22.9 Å². The number of methoxy groups -OCH3 is 1. The largest absolute Gasteiger partial charge is 0.496 e. The molecule has 4 heteroatoms. The van der Waals surface area contributed by atoms with Gasteiger partial charge in [-0.15, -0.1) is 0 Å². The van der Waals surface area contributed by atoms with E-state index < -0.39 is 0 Å². The van der Waals surface area contributed by atoms with E-state index in [9.17, 15) is 0 Å². The lowest BCUT2D eigenvalue weighted by Gasteiger charge is -2.18. The highest BCUT2D eigenvalue weighted by Gasteiger charge is 2.27.